The van der Waals surface area contributed by atoms with Crippen molar-refractivity contribution in [1.29, 1.82) is 0 Å². The van der Waals surface area contributed by atoms with E-state index in [9.17, 15) is 9.90 Å². The van der Waals surface area contributed by atoms with Crippen molar-refractivity contribution < 1.29 is 15.0 Å². The standard InChI is InChI=1S/C13H14N4O3/c1-17-11(13(14)20)10(6-16-17)15-5-8-3-2-4-9(7-18)12(8)19/h2-6,18-19H,7H2,1H3,(H2,14,20). The number of amides is 1. The van der Waals surface area contributed by atoms with E-state index in [2.05, 4.69) is 10.1 Å². The van der Waals surface area contributed by atoms with Gasteiger partial charge in [0.15, 0.2) is 5.69 Å². The number of aromatic nitrogens is 2. The fraction of sp³-hybridized carbons (Fsp3) is 0.154. The van der Waals surface area contributed by atoms with E-state index in [0.29, 0.717) is 16.8 Å². The molecule has 0 aliphatic heterocycles. The maximum Gasteiger partial charge on any atom is 0.269 e. The van der Waals surface area contributed by atoms with Crippen LogP contribution in [0.1, 0.15) is 21.6 Å². The molecule has 1 amide bonds. The zero-order chi connectivity index (χ0) is 14.7. The van der Waals surface area contributed by atoms with Crippen LogP contribution in [0, 0.1) is 0 Å². The molecular weight excluding hydrogens is 260 g/mol. The molecule has 0 aliphatic carbocycles. The van der Waals surface area contributed by atoms with E-state index in [1.807, 2.05) is 0 Å². The van der Waals surface area contributed by atoms with Gasteiger partial charge in [-0.2, -0.15) is 5.10 Å². The predicted octanol–water partition coefficient (Wildman–Crippen LogP) is 0.468. The molecule has 4 N–H and O–H groups in total. The maximum absolute atomic E-state index is 11.3. The van der Waals surface area contributed by atoms with E-state index >= 15 is 0 Å². The molecule has 0 saturated heterocycles. The van der Waals surface area contributed by atoms with Gasteiger partial charge in [0.25, 0.3) is 5.91 Å². The Morgan fingerprint density at radius 2 is 2.30 bits per heavy atom. The number of aliphatic hydroxyl groups is 1. The Morgan fingerprint density at radius 1 is 1.55 bits per heavy atom. The van der Waals surface area contributed by atoms with Gasteiger partial charge in [-0.25, -0.2) is 0 Å². The molecule has 1 aromatic carbocycles. The van der Waals surface area contributed by atoms with Gasteiger partial charge in [-0.05, 0) is 6.07 Å². The maximum atomic E-state index is 11.3. The van der Waals surface area contributed by atoms with Crippen molar-refractivity contribution >= 4 is 17.8 Å². The molecule has 0 atom stereocenters. The third-order valence-corrected chi connectivity index (χ3v) is 2.82. The van der Waals surface area contributed by atoms with Gasteiger partial charge in [-0.3, -0.25) is 14.5 Å². The normalized spacial score (nSPS) is 11.1. The molecule has 0 saturated carbocycles. The quantitative estimate of drug-likeness (QED) is 0.703. The van der Waals surface area contributed by atoms with Gasteiger partial charge < -0.3 is 15.9 Å². The minimum absolute atomic E-state index is 0.0525. The van der Waals surface area contributed by atoms with Crippen LogP contribution in [0.4, 0.5) is 5.69 Å². The highest BCUT2D eigenvalue weighted by Gasteiger charge is 2.13. The average molecular weight is 274 g/mol. The van der Waals surface area contributed by atoms with Crippen LogP contribution in [0.2, 0.25) is 0 Å². The second-order valence-electron chi connectivity index (χ2n) is 4.14. The summed E-state index contributed by atoms with van der Waals surface area (Å²) < 4.78 is 1.33. The van der Waals surface area contributed by atoms with E-state index in [1.165, 1.54) is 17.1 Å². The Kier molecular flexibility index (Phi) is 3.81. The summed E-state index contributed by atoms with van der Waals surface area (Å²) >= 11 is 0. The number of aliphatic imine (C=N–C) groups is 1. The van der Waals surface area contributed by atoms with Crippen molar-refractivity contribution in [2.75, 3.05) is 0 Å². The first-order chi connectivity index (χ1) is 9.54. The number of benzene rings is 1. The zero-order valence-electron chi connectivity index (χ0n) is 10.8. The lowest BCUT2D eigenvalue weighted by Gasteiger charge is -2.03. The number of nitrogens with zero attached hydrogens (tertiary/aromatic N) is 3. The molecule has 20 heavy (non-hydrogen) atoms. The fourth-order valence-electron chi connectivity index (χ4n) is 1.79. The highest BCUT2D eigenvalue weighted by molar-refractivity contribution is 5.97. The number of para-hydroxylation sites is 1. The average Bonchev–Trinajstić information content (AvgIpc) is 2.79. The Balaban J connectivity index is 2.38. The largest absolute Gasteiger partial charge is 0.507 e. The second-order valence-corrected chi connectivity index (χ2v) is 4.14. The van der Waals surface area contributed by atoms with Crippen LogP contribution in [-0.2, 0) is 13.7 Å². The number of nitrogens with two attached hydrogens (primary N) is 1. The lowest BCUT2D eigenvalue weighted by Crippen LogP contribution is -2.15. The molecule has 2 rings (SSSR count). The summed E-state index contributed by atoms with van der Waals surface area (Å²) in [5.74, 6) is -0.686. The van der Waals surface area contributed by atoms with Crippen LogP contribution >= 0.6 is 0 Å². The molecular formula is C13H14N4O3. The first-order valence-corrected chi connectivity index (χ1v) is 5.82. The van der Waals surface area contributed by atoms with E-state index in [0.717, 1.165) is 0 Å². The second kappa shape index (κ2) is 5.54. The Hall–Kier alpha value is -2.67. The third kappa shape index (κ3) is 2.52. The van der Waals surface area contributed by atoms with E-state index in [4.69, 9.17) is 10.8 Å². The van der Waals surface area contributed by atoms with Gasteiger partial charge in [0.1, 0.15) is 11.4 Å². The molecule has 7 heteroatoms. The predicted molar refractivity (Wildman–Crippen MR) is 73.0 cm³/mol. The van der Waals surface area contributed by atoms with Crippen molar-refractivity contribution in [3.63, 3.8) is 0 Å². The number of primary amides is 1. The topological polar surface area (TPSA) is 114 Å². The number of aryl methyl sites for hydroxylation is 1. The Morgan fingerprint density at radius 3 is 2.95 bits per heavy atom. The molecule has 0 fully saturated rings. The number of aliphatic hydroxyl groups excluding tert-OH is 1. The van der Waals surface area contributed by atoms with Crippen molar-refractivity contribution in [1.82, 2.24) is 9.78 Å². The lowest BCUT2D eigenvalue weighted by molar-refractivity contribution is 0.0992. The van der Waals surface area contributed by atoms with Crippen LogP contribution in [0.5, 0.6) is 5.75 Å². The summed E-state index contributed by atoms with van der Waals surface area (Å²) in [6.07, 6.45) is 2.79. The molecule has 2 aromatic rings. The Bertz CT molecular complexity index is 676. The van der Waals surface area contributed by atoms with Crippen molar-refractivity contribution in [3.05, 3.63) is 41.2 Å². The van der Waals surface area contributed by atoms with E-state index < -0.39 is 5.91 Å². The van der Waals surface area contributed by atoms with Crippen molar-refractivity contribution in [2.24, 2.45) is 17.8 Å². The van der Waals surface area contributed by atoms with Crippen LogP contribution in [0.15, 0.2) is 29.4 Å². The third-order valence-electron chi connectivity index (χ3n) is 2.82. The number of hydrogen-bond acceptors (Lipinski definition) is 5. The van der Waals surface area contributed by atoms with Crippen LogP contribution in [0.3, 0.4) is 0 Å². The fourth-order valence-corrected chi connectivity index (χ4v) is 1.79. The molecule has 0 spiro atoms. The summed E-state index contributed by atoms with van der Waals surface area (Å²) in [4.78, 5) is 15.4. The summed E-state index contributed by atoms with van der Waals surface area (Å²) in [5, 5.41) is 22.9. The number of carbonyl (C=O) groups is 1. The first kappa shape index (κ1) is 13.8. The van der Waals surface area contributed by atoms with Crippen molar-refractivity contribution in [2.45, 2.75) is 6.61 Å². The number of phenols is 1. The smallest absolute Gasteiger partial charge is 0.269 e. The molecule has 1 heterocycles. The van der Waals surface area contributed by atoms with E-state index in [1.54, 1.807) is 25.2 Å². The highest BCUT2D eigenvalue weighted by atomic mass is 16.3. The van der Waals surface area contributed by atoms with Gasteiger partial charge in [0.2, 0.25) is 0 Å². The lowest BCUT2D eigenvalue weighted by atomic mass is 10.1. The highest BCUT2D eigenvalue weighted by Crippen LogP contribution is 2.23. The number of rotatable bonds is 4. The van der Waals surface area contributed by atoms with E-state index in [-0.39, 0.29) is 18.1 Å². The Labute approximate surface area is 115 Å². The van der Waals surface area contributed by atoms with Gasteiger partial charge in [0, 0.05) is 24.4 Å². The van der Waals surface area contributed by atoms with Gasteiger partial charge in [-0.15, -0.1) is 0 Å². The minimum atomic E-state index is -0.634. The zero-order valence-corrected chi connectivity index (χ0v) is 10.8. The minimum Gasteiger partial charge on any atom is -0.507 e. The monoisotopic (exact) mass is 274 g/mol. The van der Waals surface area contributed by atoms with Gasteiger partial charge >= 0.3 is 0 Å². The molecule has 7 nitrogen and oxygen atoms in total. The summed E-state index contributed by atoms with van der Waals surface area (Å²) in [5.41, 5.74) is 6.57. The molecule has 0 bridgehead atoms. The van der Waals surface area contributed by atoms with Crippen LogP contribution in [0.25, 0.3) is 0 Å². The van der Waals surface area contributed by atoms with Crippen LogP contribution < -0.4 is 5.73 Å². The van der Waals surface area contributed by atoms with Gasteiger partial charge in [-0.1, -0.05) is 12.1 Å². The number of hydrogen-bond donors (Lipinski definition) is 3. The molecule has 0 unspecified atom stereocenters. The van der Waals surface area contributed by atoms with Crippen molar-refractivity contribution in [3.8, 4) is 5.75 Å². The van der Waals surface area contributed by atoms with Crippen LogP contribution in [-0.4, -0.2) is 32.1 Å². The molecule has 0 aliphatic rings. The number of aromatic hydroxyl groups is 1. The summed E-state index contributed by atoms with van der Waals surface area (Å²) in [6.45, 7) is -0.271. The number of carbonyl (C=O) groups excluding carboxylic acids is 1. The first-order valence-electron chi connectivity index (χ1n) is 5.82. The SMILES string of the molecule is Cn1ncc(N=Cc2cccc(CO)c2O)c1C(N)=O. The molecule has 0 radical (unpaired) electrons. The summed E-state index contributed by atoms with van der Waals surface area (Å²) in [6, 6.07) is 4.93. The molecule has 1 aromatic heterocycles. The summed E-state index contributed by atoms with van der Waals surface area (Å²) in [7, 11) is 1.59. The van der Waals surface area contributed by atoms with Gasteiger partial charge in [0.05, 0.1) is 12.8 Å². The molecule has 104 valence electrons.